The van der Waals surface area contributed by atoms with Gasteiger partial charge in [-0.05, 0) is 37.1 Å². The van der Waals surface area contributed by atoms with Gasteiger partial charge in [-0.1, -0.05) is 0 Å². The molecule has 4 heteroatoms. The Morgan fingerprint density at radius 3 is 2.15 bits per heavy atom. The van der Waals surface area contributed by atoms with Gasteiger partial charge in [-0.25, -0.2) is 0 Å². The molecule has 0 saturated heterocycles. The van der Waals surface area contributed by atoms with Crippen molar-refractivity contribution in [3.05, 3.63) is 28.8 Å². The molecule has 1 rings (SSSR count). The van der Waals surface area contributed by atoms with Crippen LogP contribution in [0.1, 0.15) is 21.5 Å². The molecule has 0 aliphatic heterocycles. The molecule has 13 heavy (non-hydrogen) atoms. The van der Waals surface area contributed by atoms with E-state index in [2.05, 4.69) is 5.48 Å². The highest BCUT2D eigenvalue weighted by Gasteiger charge is 2.06. The summed E-state index contributed by atoms with van der Waals surface area (Å²) in [6, 6.07) is 3.27. The predicted octanol–water partition coefficient (Wildman–Crippen LogP) is 1.20. The summed E-state index contributed by atoms with van der Waals surface area (Å²) in [6.07, 6.45) is 0. The van der Waals surface area contributed by atoms with E-state index in [1.54, 1.807) is 26.0 Å². The maximum atomic E-state index is 10.8. The van der Waals surface area contributed by atoms with Crippen LogP contribution in [0.15, 0.2) is 12.1 Å². The van der Waals surface area contributed by atoms with Crippen molar-refractivity contribution < 1.29 is 10.0 Å². The van der Waals surface area contributed by atoms with Gasteiger partial charge in [0.05, 0.1) is 5.69 Å². The topological polar surface area (TPSA) is 75.4 Å². The van der Waals surface area contributed by atoms with Crippen LogP contribution < -0.4 is 11.2 Å². The highest BCUT2D eigenvalue weighted by Crippen LogP contribution is 2.20. The number of nitrogens with two attached hydrogens (primary N) is 1. The molecule has 0 atom stereocenters. The zero-order valence-electron chi connectivity index (χ0n) is 7.59. The Morgan fingerprint density at radius 2 is 1.85 bits per heavy atom. The second-order valence-electron chi connectivity index (χ2n) is 2.96. The first-order valence-electron chi connectivity index (χ1n) is 3.87. The molecule has 4 nitrogen and oxygen atoms in total. The van der Waals surface area contributed by atoms with E-state index in [0.717, 1.165) is 11.1 Å². The maximum Gasteiger partial charge on any atom is 0.248 e. The number of nitrogens with one attached hydrogen (secondary N) is 1. The molecule has 0 spiro atoms. The third-order valence-corrected chi connectivity index (χ3v) is 1.93. The molecule has 0 saturated carbocycles. The first kappa shape index (κ1) is 9.54. The van der Waals surface area contributed by atoms with Crippen LogP contribution in [0.5, 0.6) is 0 Å². The SMILES string of the molecule is Cc1cc(C(N)=O)cc(C)c1NO. The molecule has 1 aromatic rings. The molecular weight excluding hydrogens is 168 g/mol. The van der Waals surface area contributed by atoms with Crippen LogP contribution in [-0.2, 0) is 0 Å². The fourth-order valence-corrected chi connectivity index (χ4v) is 1.28. The Labute approximate surface area is 76.3 Å². The Hall–Kier alpha value is -1.55. The van der Waals surface area contributed by atoms with Gasteiger partial charge in [-0.2, -0.15) is 0 Å². The molecule has 0 fully saturated rings. The second kappa shape index (κ2) is 3.45. The number of aryl methyl sites for hydroxylation is 2. The van der Waals surface area contributed by atoms with Gasteiger partial charge in [0.1, 0.15) is 0 Å². The molecule has 70 valence electrons. The monoisotopic (exact) mass is 180 g/mol. The van der Waals surface area contributed by atoms with Gasteiger partial charge in [0.15, 0.2) is 0 Å². The normalized spacial score (nSPS) is 9.77. The summed E-state index contributed by atoms with van der Waals surface area (Å²) in [6.45, 7) is 3.58. The Bertz CT molecular complexity index is 324. The largest absolute Gasteiger partial charge is 0.366 e. The van der Waals surface area contributed by atoms with Gasteiger partial charge in [-0.3, -0.25) is 15.5 Å². The number of carbonyl (C=O) groups is 1. The number of benzene rings is 1. The molecule has 4 N–H and O–H groups in total. The minimum Gasteiger partial charge on any atom is -0.366 e. The van der Waals surface area contributed by atoms with Crippen molar-refractivity contribution in [2.75, 3.05) is 5.48 Å². The van der Waals surface area contributed by atoms with Crippen molar-refractivity contribution in [1.29, 1.82) is 0 Å². The van der Waals surface area contributed by atoms with Crippen molar-refractivity contribution in [2.24, 2.45) is 5.73 Å². The molecule has 0 unspecified atom stereocenters. The van der Waals surface area contributed by atoms with E-state index in [1.165, 1.54) is 0 Å². The summed E-state index contributed by atoms with van der Waals surface area (Å²) < 4.78 is 0. The zero-order valence-corrected chi connectivity index (χ0v) is 7.59. The fourth-order valence-electron chi connectivity index (χ4n) is 1.28. The Balaban J connectivity index is 3.28. The summed E-state index contributed by atoms with van der Waals surface area (Å²) >= 11 is 0. The van der Waals surface area contributed by atoms with Crippen molar-refractivity contribution in [1.82, 2.24) is 0 Å². The zero-order chi connectivity index (χ0) is 10.0. The first-order chi connectivity index (χ1) is 6.06. The van der Waals surface area contributed by atoms with E-state index in [0.29, 0.717) is 11.3 Å². The van der Waals surface area contributed by atoms with Crippen molar-refractivity contribution in [3.8, 4) is 0 Å². The molecule has 0 radical (unpaired) electrons. The van der Waals surface area contributed by atoms with Gasteiger partial charge >= 0.3 is 0 Å². The highest BCUT2D eigenvalue weighted by atomic mass is 16.5. The number of primary amides is 1. The molecule has 0 bridgehead atoms. The highest BCUT2D eigenvalue weighted by molar-refractivity contribution is 5.93. The quantitative estimate of drug-likeness (QED) is 0.598. The summed E-state index contributed by atoms with van der Waals surface area (Å²) in [7, 11) is 0. The molecule has 0 aliphatic carbocycles. The molecule has 0 heterocycles. The molecule has 1 amide bonds. The minimum atomic E-state index is -0.462. The fraction of sp³-hybridized carbons (Fsp3) is 0.222. The Kier molecular flexibility index (Phi) is 2.53. The van der Waals surface area contributed by atoms with E-state index < -0.39 is 5.91 Å². The average molecular weight is 180 g/mol. The molecule has 1 aromatic carbocycles. The number of carbonyl (C=O) groups excluding carboxylic acids is 1. The summed E-state index contributed by atoms with van der Waals surface area (Å²) in [5.74, 6) is -0.462. The lowest BCUT2D eigenvalue weighted by Crippen LogP contribution is -2.12. The number of hydrogen-bond acceptors (Lipinski definition) is 3. The van der Waals surface area contributed by atoms with E-state index >= 15 is 0 Å². The van der Waals surface area contributed by atoms with Crippen molar-refractivity contribution in [3.63, 3.8) is 0 Å². The Morgan fingerprint density at radius 1 is 1.38 bits per heavy atom. The van der Waals surface area contributed by atoms with Crippen LogP contribution in [0, 0.1) is 13.8 Å². The third-order valence-electron chi connectivity index (χ3n) is 1.93. The number of rotatable bonds is 2. The van der Waals surface area contributed by atoms with Gasteiger partial charge in [0, 0.05) is 5.56 Å². The van der Waals surface area contributed by atoms with Crippen molar-refractivity contribution >= 4 is 11.6 Å². The van der Waals surface area contributed by atoms with Gasteiger partial charge in [0.2, 0.25) is 5.91 Å². The second-order valence-corrected chi connectivity index (χ2v) is 2.96. The summed E-state index contributed by atoms with van der Waals surface area (Å²) in [5.41, 5.74) is 9.84. The smallest absolute Gasteiger partial charge is 0.248 e. The molecular formula is C9H12N2O2. The van der Waals surface area contributed by atoms with Crippen LogP contribution >= 0.6 is 0 Å². The lowest BCUT2D eigenvalue weighted by molar-refractivity contribution is 0.1000. The number of amides is 1. The predicted molar refractivity (Wildman–Crippen MR) is 49.8 cm³/mol. The van der Waals surface area contributed by atoms with E-state index in [1.807, 2.05) is 0 Å². The van der Waals surface area contributed by atoms with E-state index in [-0.39, 0.29) is 0 Å². The minimum absolute atomic E-state index is 0.453. The van der Waals surface area contributed by atoms with Crippen LogP contribution in [0.2, 0.25) is 0 Å². The average Bonchev–Trinajstić information content (AvgIpc) is 2.03. The van der Waals surface area contributed by atoms with Crippen LogP contribution in [-0.4, -0.2) is 11.1 Å². The third kappa shape index (κ3) is 1.78. The number of hydrogen-bond donors (Lipinski definition) is 3. The van der Waals surface area contributed by atoms with Gasteiger partial charge < -0.3 is 5.73 Å². The van der Waals surface area contributed by atoms with E-state index in [9.17, 15) is 4.79 Å². The standard InChI is InChI=1S/C9H12N2O2/c1-5-3-7(9(10)12)4-6(2)8(5)11-13/h3-4,11,13H,1-2H3,(H2,10,12). The summed E-state index contributed by atoms with van der Waals surface area (Å²) in [5, 5.41) is 8.76. The van der Waals surface area contributed by atoms with Crippen LogP contribution in [0.4, 0.5) is 5.69 Å². The maximum absolute atomic E-state index is 10.8. The lowest BCUT2D eigenvalue weighted by Gasteiger charge is -2.09. The van der Waals surface area contributed by atoms with Crippen molar-refractivity contribution in [2.45, 2.75) is 13.8 Å². The molecule has 0 aliphatic rings. The van der Waals surface area contributed by atoms with Gasteiger partial charge in [0.25, 0.3) is 0 Å². The lowest BCUT2D eigenvalue weighted by atomic mass is 10.0. The first-order valence-corrected chi connectivity index (χ1v) is 3.87. The summed E-state index contributed by atoms with van der Waals surface area (Å²) in [4.78, 5) is 10.8. The van der Waals surface area contributed by atoms with Gasteiger partial charge in [-0.15, -0.1) is 0 Å². The van der Waals surface area contributed by atoms with Crippen LogP contribution in [0.3, 0.4) is 0 Å². The number of anilines is 1. The van der Waals surface area contributed by atoms with Crippen LogP contribution in [0.25, 0.3) is 0 Å². The molecule has 0 aromatic heterocycles. The van der Waals surface area contributed by atoms with E-state index in [4.69, 9.17) is 10.9 Å².